The average molecular weight is 308 g/mol. The number of rotatable bonds is 4. The van der Waals surface area contributed by atoms with Crippen LogP contribution in [-0.2, 0) is 0 Å². The lowest BCUT2D eigenvalue weighted by atomic mass is 10.2. The maximum absolute atomic E-state index is 6.06. The molecule has 2 fully saturated rings. The minimum Gasteiger partial charge on any atom is -0.488 e. The van der Waals surface area contributed by atoms with Crippen LogP contribution in [0.5, 0.6) is 5.75 Å². The second-order valence-corrected chi connectivity index (χ2v) is 5.46. The highest BCUT2D eigenvalue weighted by Crippen LogP contribution is 2.39. The standard InChI is InChI=1S/C15H17N3O2.ClH/c1-2-4-13(19-11-7-8-16-9-11)12(3-1)15-17-14(18-20-15)10-5-6-10;/h1-4,10-11,16H,5-9H2;1H. The molecule has 2 aliphatic rings. The molecule has 1 aromatic carbocycles. The molecule has 1 aliphatic heterocycles. The second kappa shape index (κ2) is 6.03. The Morgan fingerprint density at radius 1 is 1.19 bits per heavy atom. The molecule has 1 aliphatic carbocycles. The zero-order valence-corrected chi connectivity index (χ0v) is 12.4. The van der Waals surface area contributed by atoms with E-state index in [0.29, 0.717) is 11.8 Å². The highest BCUT2D eigenvalue weighted by Gasteiger charge is 2.29. The van der Waals surface area contributed by atoms with Crippen LogP contribution in [0.3, 0.4) is 0 Å². The van der Waals surface area contributed by atoms with Gasteiger partial charge in [0.2, 0.25) is 0 Å². The van der Waals surface area contributed by atoms with Crippen LogP contribution in [0.15, 0.2) is 28.8 Å². The van der Waals surface area contributed by atoms with Crippen LogP contribution in [0.2, 0.25) is 0 Å². The Labute approximate surface area is 129 Å². The third-order valence-electron chi connectivity index (χ3n) is 3.81. The molecule has 1 aromatic heterocycles. The van der Waals surface area contributed by atoms with Crippen LogP contribution in [0.4, 0.5) is 0 Å². The van der Waals surface area contributed by atoms with Gasteiger partial charge in [-0.2, -0.15) is 4.98 Å². The number of hydrogen-bond acceptors (Lipinski definition) is 5. The van der Waals surface area contributed by atoms with Gasteiger partial charge in [-0.05, 0) is 37.9 Å². The SMILES string of the molecule is Cl.c1ccc(-c2nc(C3CC3)no2)c(OC2CCNC2)c1. The lowest BCUT2D eigenvalue weighted by Gasteiger charge is -2.14. The minimum absolute atomic E-state index is 0. The second-order valence-electron chi connectivity index (χ2n) is 5.46. The lowest BCUT2D eigenvalue weighted by Crippen LogP contribution is -2.19. The molecular weight excluding hydrogens is 290 g/mol. The van der Waals surface area contributed by atoms with E-state index in [0.717, 1.165) is 36.6 Å². The molecular formula is C15H18ClN3O2. The lowest BCUT2D eigenvalue weighted by molar-refractivity contribution is 0.223. The van der Waals surface area contributed by atoms with Gasteiger partial charge >= 0.3 is 0 Å². The quantitative estimate of drug-likeness (QED) is 0.941. The Morgan fingerprint density at radius 3 is 2.81 bits per heavy atom. The van der Waals surface area contributed by atoms with E-state index in [1.54, 1.807) is 0 Å². The molecule has 1 saturated heterocycles. The molecule has 6 heteroatoms. The van der Waals surface area contributed by atoms with Crippen molar-refractivity contribution in [2.45, 2.75) is 31.3 Å². The Hall–Kier alpha value is -1.59. The first-order valence-electron chi connectivity index (χ1n) is 7.20. The van der Waals surface area contributed by atoms with Crippen molar-refractivity contribution in [2.24, 2.45) is 0 Å². The van der Waals surface area contributed by atoms with Crippen molar-refractivity contribution >= 4 is 12.4 Å². The molecule has 1 unspecified atom stereocenters. The molecule has 0 bridgehead atoms. The zero-order valence-electron chi connectivity index (χ0n) is 11.6. The van der Waals surface area contributed by atoms with Crippen LogP contribution in [-0.4, -0.2) is 29.3 Å². The van der Waals surface area contributed by atoms with Gasteiger partial charge in [0, 0.05) is 12.5 Å². The molecule has 2 heterocycles. The van der Waals surface area contributed by atoms with E-state index in [2.05, 4.69) is 15.5 Å². The molecule has 0 amide bonds. The van der Waals surface area contributed by atoms with Crippen LogP contribution >= 0.6 is 12.4 Å². The average Bonchev–Trinajstić information content (AvgIpc) is 3.00. The third kappa shape index (κ3) is 3.04. The summed E-state index contributed by atoms with van der Waals surface area (Å²) in [6.45, 7) is 1.91. The topological polar surface area (TPSA) is 60.2 Å². The number of nitrogens with one attached hydrogen (secondary N) is 1. The predicted octanol–water partition coefficient (Wildman–Crippen LogP) is 2.78. The van der Waals surface area contributed by atoms with Gasteiger partial charge in [-0.3, -0.25) is 0 Å². The summed E-state index contributed by atoms with van der Waals surface area (Å²) in [5.74, 6) is 2.72. The van der Waals surface area contributed by atoms with E-state index in [1.165, 1.54) is 12.8 Å². The first-order chi connectivity index (χ1) is 9.90. The summed E-state index contributed by atoms with van der Waals surface area (Å²) < 4.78 is 11.5. The summed E-state index contributed by atoms with van der Waals surface area (Å²) in [6, 6.07) is 7.88. The molecule has 4 rings (SSSR count). The van der Waals surface area contributed by atoms with Crippen LogP contribution in [0, 0.1) is 0 Å². The van der Waals surface area contributed by atoms with E-state index in [1.807, 2.05) is 24.3 Å². The number of halogens is 1. The monoisotopic (exact) mass is 307 g/mol. The van der Waals surface area contributed by atoms with E-state index >= 15 is 0 Å². The van der Waals surface area contributed by atoms with Gasteiger partial charge in [0.1, 0.15) is 11.9 Å². The summed E-state index contributed by atoms with van der Waals surface area (Å²) in [7, 11) is 0. The molecule has 1 N–H and O–H groups in total. The van der Waals surface area contributed by atoms with Crippen molar-refractivity contribution in [3.8, 4) is 17.2 Å². The highest BCUT2D eigenvalue weighted by atomic mass is 35.5. The summed E-state index contributed by atoms with van der Waals surface area (Å²) >= 11 is 0. The summed E-state index contributed by atoms with van der Waals surface area (Å²) in [4.78, 5) is 4.50. The van der Waals surface area contributed by atoms with Crippen molar-refractivity contribution in [3.05, 3.63) is 30.1 Å². The number of benzene rings is 1. The first kappa shape index (κ1) is 14.4. The third-order valence-corrected chi connectivity index (χ3v) is 3.81. The van der Waals surface area contributed by atoms with E-state index in [9.17, 15) is 0 Å². The van der Waals surface area contributed by atoms with Crippen LogP contribution < -0.4 is 10.1 Å². The number of hydrogen-bond donors (Lipinski definition) is 1. The van der Waals surface area contributed by atoms with Gasteiger partial charge in [0.15, 0.2) is 5.82 Å². The fourth-order valence-electron chi connectivity index (χ4n) is 2.51. The minimum atomic E-state index is 0. The molecule has 0 radical (unpaired) electrons. The smallest absolute Gasteiger partial charge is 0.261 e. The fraction of sp³-hybridized carbons (Fsp3) is 0.467. The zero-order chi connectivity index (χ0) is 13.4. The van der Waals surface area contributed by atoms with Crippen molar-refractivity contribution in [3.63, 3.8) is 0 Å². The van der Waals surface area contributed by atoms with E-state index in [4.69, 9.17) is 9.26 Å². The van der Waals surface area contributed by atoms with Crippen molar-refractivity contribution in [2.75, 3.05) is 13.1 Å². The molecule has 1 saturated carbocycles. The molecule has 2 aromatic rings. The molecule has 1 atom stereocenters. The summed E-state index contributed by atoms with van der Waals surface area (Å²) in [5.41, 5.74) is 0.888. The van der Waals surface area contributed by atoms with Crippen molar-refractivity contribution in [1.82, 2.24) is 15.5 Å². The Bertz CT molecular complexity index is 606. The van der Waals surface area contributed by atoms with Gasteiger partial charge < -0.3 is 14.6 Å². The van der Waals surface area contributed by atoms with E-state index < -0.39 is 0 Å². The van der Waals surface area contributed by atoms with Crippen LogP contribution in [0.25, 0.3) is 11.5 Å². The Morgan fingerprint density at radius 2 is 2.05 bits per heavy atom. The maximum atomic E-state index is 6.06. The maximum Gasteiger partial charge on any atom is 0.261 e. The van der Waals surface area contributed by atoms with Gasteiger partial charge in [0.25, 0.3) is 5.89 Å². The van der Waals surface area contributed by atoms with Gasteiger partial charge in [0.05, 0.1) is 5.56 Å². The van der Waals surface area contributed by atoms with Crippen molar-refractivity contribution in [1.29, 1.82) is 0 Å². The predicted molar refractivity (Wildman–Crippen MR) is 80.9 cm³/mol. The number of nitrogens with zero attached hydrogens (tertiary/aromatic N) is 2. The fourth-order valence-corrected chi connectivity index (χ4v) is 2.51. The molecule has 112 valence electrons. The first-order valence-corrected chi connectivity index (χ1v) is 7.20. The van der Waals surface area contributed by atoms with Crippen molar-refractivity contribution < 1.29 is 9.26 Å². The normalized spacial score (nSPS) is 21.0. The summed E-state index contributed by atoms with van der Waals surface area (Å²) in [6.07, 6.45) is 3.60. The molecule has 5 nitrogen and oxygen atoms in total. The summed E-state index contributed by atoms with van der Waals surface area (Å²) in [5, 5.41) is 7.38. The van der Waals surface area contributed by atoms with Crippen LogP contribution in [0.1, 0.15) is 31.0 Å². The largest absolute Gasteiger partial charge is 0.488 e. The molecule has 0 spiro atoms. The van der Waals surface area contributed by atoms with Gasteiger partial charge in [-0.15, -0.1) is 12.4 Å². The number of para-hydroxylation sites is 1. The Balaban J connectivity index is 0.00000132. The Kier molecular flexibility index (Phi) is 4.12. The van der Waals surface area contributed by atoms with E-state index in [-0.39, 0.29) is 18.5 Å². The van der Waals surface area contributed by atoms with Gasteiger partial charge in [-0.1, -0.05) is 17.3 Å². The number of ether oxygens (including phenoxy) is 1. The van der Waals surface area contributed by atoms with Gasteiger partial charge in [-0.25, -0.2) is 0 Å². The highest BCUT2D eigenvalue weighted by molar-refractivity contribution is 5.85. The molecule has 21 heavy (non-hydrogen) atoms. The number of aromatic nitrogens is 2.